The van der Waals surface area contributed by atoms with Gasteiger partial charge in [0.1, 0.15) is 28.5 Å². The minimum Gasteiger partial charge on any atom is -0.497 e. The average Bonchev–Trinajstić information content (AvgIpc) is 3.55. The third-order valence-electron chi connectivity index (χ3n) is 7.92. The van der Waals surface area contributed by atoms with E-state index in [0.29, 0.717) is 29.9 Å². The van der Waals surface area contributed by atoms with Gasteiger partial charge in [0.2, 0.25) is 5.13 Å². The Hall–Kier alpha value is -4.09. The summed E-state index contributed by atoms with van der Waals surface area (Å²) in [6, 6.07) is 6.32. The van der Waals surface area contributed by atoms with Crippen LogP contribution in [0.1, 0.15) is 46.1 Å². The standard InChI is InChI=1S/C31H42ClFN6O8S2/c1-18(2)27(38-30(42)43)20(14-31(3,4)9-10-34-29(40)41)15-35-24-13-23(33)26(12-22(24)32)49(44,45)39(28-36-17-37-48-28)16-19-7-8-21(46-5)11-25(19)47-6/h7-8,11-13,17-18,20,27,34-35,38H,9-10,14-16H2,1-6H3,(H,40,41)(H,42,43). The summed E-state index contributed by atoms with van der Waals surface area (Å²) in [6.45, 7) is 7.69. The van der Waals surface area contributed by atoms with E-state index in [9.17, 15) is 23.1 Å². The zero-order valence-corrected chi connectivity index (χ0v) is 30.4. The molecule has 0 radical (unpaired) electrons. The van der Waals surface area contributed by atoms with Crippen LogP contribution in [0.25, 0.3) is 0 Å². The second-order valence-corrected chi connectivity index (χ2v) is 15.4. The molecule has 0 aliphatic heterocycles. The monoisotopic (exact) mass is 744 g/mol. The molecule has 49 heavy (non-hydrogen) atoms. The van der Waals surface area contributed by atoms with Crippen molar-refractivity contribution in [2.45, 2.75) is 58.0 Å². The normalized spacial score (nSPS) is 13.0. The molecule has 3 aromatic rings. The Bertz CT molecular complexity index is 1700. The SMILES string of the molecule is COc1ccc(CN(c2ncns2)S(=O)(=O)c2cc(Cl)c(NCC(CC(C)(C)CCNC(=O)O)C(NC(=O)O)C(C)C)cc2F)c(OC)c1. The summed E-state index contributed by atoms with van der Waals surface area (Å²) in [5, 5.41) is 26.4. The molecule has 2 aromatic carbocycles. The van der Waals surface area contributed by atoms with E-state index in [1.807, 2.05) is 27.7 Å². The first-order chi connectivity index (χ1) is 23.0. The molecule has 2 amide bonds. The van der Waals surface area contributed by atoms with Crippen LogP contribution in [-0.4, -0.2) is 73.5 Å². The Morgan fingerprint density at radius 3 is 2.41 bits per heavy atom. The fourth-order valence-corrected chi connectivity index (χ4v) is 8.01. The van der Waals surface area contributed by atoms with Crippen molar-refractivity contribution in [2.24, 2.45) is 17.3 Å². The minimum absolute atomic E-state index is 0.00901. The Balaban J connectivity index is 1.94. The average molecular weight is 745 g/mol. The topological polar surface area (TPSA) is 192 Å². The molecule has 18 heteroatoms. The van der Waals surface area contributed by atoms with Crippen molar-refractivity contribution in [1.82, 2.24) is 20.0 Å². The van der Waals surface area contributed by atoms with E-state index < -0.39 is 44.4 Å². The predicted molar refractivity (Wildman–Crippen MR) is 185 cm³/mol. The van der Waals surface area contributed by atoms with Gasteiger partial charge in [0, 0.05) is 42.3 Å². The molecule has 0 aliphatic rings. The van der Waals surface area contributed by atoms with Crippen molar-refractivity contribution in [3.05, 3.63) is 53.1 Å². The molecule has 0 bridgehead atoms. The third-order valence-corrected chi connectivity index (χ3v) is 10.8. The molecule has 14 nitrogen and oxygen atoms in total. The molecule has 5 N–H and O–H groups in total. The molecule has 2 unspecified atom stereocenters. The molecular formula is C31H42ClFN6O8S2. The maximum atomic E-state index is 15.8. The molecule has 0 saturated carbocycles. The van der Waals surface area contributed by atoms with Crippen LogP contribution >= 0.6 is 23.1 Å². The van der Waals surface area contributed by atoms with Crippen LogP contribution < -0.4 is 29.7 Å². The summed E-state index contributed by atoms with van der Waals surface area (Å²) < 4.78 is 59.4. The lowest BCUT2D eigenvalue weighted by Crippen LogP contribution is -2.47. The van der Waals surface area contributed by atoms with Gasteiger partial charge in [-0.05, 0) is 54.4 Å². The number of aromatic nitrogens is 2. The molecule has 3 rings (SSSR count). The number of ether oxygens (including phenoxy) is 2. The number of benzene rings is 2. The molecule has 0 saturated heterocycles. The lowest BCUT2D eigenvalue weighted by molar-refractivity contribution is 0.158. The molecule has 0 aliphatic carbocycles. The largest absolute Gasteiger partial charge is 0.497 e. The van der Waals surface area contributed by atoms with Crippen LogP contribution in [0.15, 0.2) is 41.6 Å². The van der Waals surface area contributed by atoms with E-state index in [-0.39, 0.29) is 47.3 Å². The first-order valence-corrected chi connectivity index (χ1v) is 17.8. The Kier molecular flexibility index (Phi) is 13.7. The predicted octanol–water partition coefficient (Wildman–Crippen LogP) is 6.14. The van der Waals surface area contributed by atoms with E-state index >= 15 is 4.39 Å². The maximum Gasteiger partial charge on any atom is 0.404 e. The Labute approximate surface area is 294 Å². The van der Waals surface area contributed by atoms with Crippen LogP contribution in [-0.2, 0) is 16.6 Å². The zero-order chi connectivity index (χ0) is 36.5. The summed E-state index contributed by atoms with van der Waals surface area (Å²) in [4.78, 5) is 26.0. The molecular weight excluding hydrogens is 703 g/mol. The number of nitrogens with zero attached hydrogens (tertiary/aromatic N) is 3. The van der Waals surface area contributed by atoms with Gasteiger partial charge in [-0.1, -0.05) is 39.3 Å². The Morgan fingerprint density at radius 2 is 1.84 bits per heavy atom. The number of nitrogens with one attached hydrogen (secondary N) is 3. The fraction of sp³-hybridized carbons (Fsp3) is 0.484. The van der Waals surface area contributed by atoms with E-state index in [2.05, 4.69) is 25.3 Å². The molecule has 2 atom stereocenters. The number of hydrogen-bond acceptors (Lipinski definition) is 10. The van der Waals surface area contributed by atoms with Gasteiger partial charge >= 0.3 is 12.2 Å². The van der Waals surface area contributed by atoms with Crippen LogP contribution in [0.3, 0.4) is 0 Å². The molecule has 270 valence electrons. The second-order valence-electron chi connectivity index (χ2n) is 12.4. The second kappa shape index (κ2) is 17.0. The number of halogens is 2. The molecule has 1 aromatic heterocycles. The lowest BCUT2D eigenvalue weighted by atomic mass is 9.75. The number of anilines is 2. The van der Waals surface area contributed by atoms with Gasteiger partial charge in [-0.25, -0.2) is 31.7 Å². The van der Waals surface area contributed by atoms with Crippen LogP contribution in [0, 0.1) is 23.1 Å². The van der Waals surface area contributed by atoms with Gasteiger partial charge in [0.15, 0.2) is 0 Å². The van der Waals surface area contributed by atoms with E-state index in [1.54, 1.807) is 18.2 Å². The highest BCUT2D eigenvalue weighted by atomic mass is 35.5. The van der Waals surface area contributed by atoms with Gasteiger partial charge in [-0.15, -0.1) is 0 Å². The number of hydrogen-bond donors (Lipinski definition) is 5. The minimum atomic E-state index is -4.60. The quantitative estimate of drug-likeness (QED) is 0.101. The maximum absolute atomic E-state index is 15.8. The number of carboxylic acid groups (broad SMARTS) is 2. The summed E-state index contributed by atoms with van der Waals surface area (Å²) in [6.07, 6.45) is -0.226. The number of rotatable bonds is 18. The van der Waals surface area contributed by atoms with Gasteiger partial charge in [0.05, 0.1) is 31.5 Å². The summed E-state index contributed by atoms with van der Waals surface area (Å²) >= 11 is 7.38. The highest BCUT2D eigenvalue weighted by Gasteiger charge is 2.34. The van der Waals surface area contributed by atoms with Crippen molar-refractivity contribution in [2.75, 3.05) is 36.9 Å². The van der Waals surface area contributed by atoms with E-state index in [1.165, 1.54) is 20.5 Å². The molecule has 0 fully saturated rings. The summed E-state index contributed by atoms with van der Waals surface area (Å²) in [5.74, 6) is -0.734. The van der Waals surface area contributed by atoms with Crippen molar-refractivity contribution < 1.29 is 42.1 Å². The lowest BCUT2D eigenvalue weighted by Gasteiger charge is -2.36. The smallest absolute Gasteiger partial charge is 0.404 e. The number of amides is 2. The number of methoxy groups -OCH3 is 2. The van der Waals surface area contributed by atoms with Crippen LogP contribution in [0.5, 0.6) is 11.5 Å². The van der Waals surface area contributed by atoms with Gasteiger partial charge in [-0.3, -0.25) is 0 Å². The number of sulfonamides is 1. The highest BCUT2D eigenvalue weighted by molar-refractivity contribution is 7.93. The fourth-order valence-electron chi connectivity index (χ4n) is 5.51. The van der Waals surface area contributed by atoms with E-state index in [0.717, 1.165) is 28.0 Å². The third kappa shape index (κ3) is 10.7. The molecule has 1 heterocycles. The van der Waals surface area contributed by atoms with Gasteiger partial charge in [0.25, 0.3) is 10.0 Å². The number of carbonyl (C=O) groups is 2. The van der Waals surface area contributed by atoms with E-state index in [4.69, 9.17) is 26.2 Å². The zero-order valence-electron chi connectivity index (χ0n) is 28.0. The summed E-state index contributed by atoms with van der Waals surface area (Å²) in [7, 11) is -1.69. The van der Waals surface area contributed by atoms with Crippen molar-refractivity contribution in [1.29, 1.82) is 0 Å². The van der Waals surface area contributed by atoms with Crippen molar-refractivity contribution in [3.8, 4) is 11.5 Å². The summed E-state index contributed by atoms with van der Waals surface area (Å²) in [5.41, 5.74) is 0.135. The highest BCUT2D eigenvalue weighted by Crippen LogP contribution is 2.36. The Morgan fingerprint density at radius 1 is 1.12 bits per heavy atom. The van der Waals surface area contributed by atoms with Crippen molar-refractivity contribution in [3.63, 3.8) is 0 Å². The van der Waals surface area contributed by atoms with Crippen LogP contribution in [0.4, 0.5) is 24.8 Å². The van der Waals surface area contributed by atoms with Crippen molar-refractivity contribution >= 4 is 56.2 Å². The van der Waals surface area contributed by atoms with Gasteiger partial charge < -0.3 is 35.6 Å². The van der Waals surface area contributed by atoms with Crippen LogP contribution in [0.2, 0.25) is 5.02 Å². The van der Waals surface area contributed by atoms with Gasteiger partial charge in [-0.2, -0.15) is 4.37 Å². The molecule has 0 spiro atoms. The first-order valence-electron chi connectivity index (χ1n) is 15.2. The first kappa shape index (κ1) is 39.3.